The van der Waals surface area contributed by atoms with Gasteiger partial charge < -0.3 is 10.1 Å². The highest BCUT2D eigenvalue weighted by atomic mass is 35.5. The van der Waals surface area contributed by atoms with Crippen molar-refractivity contribution in [2.45, 2.75) is 6.36 Å². The highest BCUT2D eigenvalue weighted by Gasteiger charge is 2.31. The summed E-state index contributed by atoms with van der Waals surface area (Å²) >= 11 is 5.71. The largest absolute Gasteiger partial charge is 0.573 e. The average Bonchev–Trinajstić information content (AvgIpc) is 2.51. The fraction of sp³-hybridized carbons (Fsp3) is 0.125. The fourth-order valence-electron chi connectivity index (χ4n) is 1.83. The number of nitrogens with one attached hydrogen (secondary N) is 1. The van der Waals surface area contributed by atoms with Gasteiger partial charge >= 0.3 is 6.36 Å². The van der Waals surface area contributed by atoms with Gasteiger partial charge in [0.1, 0.15) is 5.75 Å². The molecule has 8 heteroatoms. The predicted octanol–water partition coefficient (Wildman–Crippen LogP) is 3.85. The molecule has 4 nitrogen and oxygen atoms in total. The number of alkyl halides is 3. The van der Waals surface area contributed by atoms with Crippen molar-refractivity contribution in [3.63, 3.8) is 0 Å². The lowest BCUT2D eigenvalue weighted by atomic mass is 10.1. The van der Waals surface area contributed by atoms with Gasteiger partial charge in [0.2, 0.25) is 0 Å². The number of rotatable bonds is 5. The lowest BCUT2D eigenvalue weighted by molar-refractivity contribution is -0.274. The second kappa shape index (κ2) is 7.35. The van der Waals surface area contributed by atoms with Crippen LogP contribution in [0.1, 0.15) is 20.7 Å². The van der Waals surface area contributed by atoms with Gasteiger partial charge in [-0.3, -0.25) is 9.59 Å². The standard InChI is InChI=1S/C16H11ClF3NO3/c17-12-6-4-10(5-7-12)14(22)9-21-15(23)11-2-1-3-13(8-11)24-16(18,19)20/h1-8H,9H2,(H,21,23). The van der Waals surface area contributed by atoms with Crippen LogP contribution in [0.3, 0.4) is 0 Å². The molecule has 1 N–H and O–H groups in total. The molecule has 0 aliphatic rings. The molecule has 0 unspecified atom stereocenters. The van der Waals surface area contributed by atoms with Crippen molar-refractivity contribution in [3.8, 4) is 5.75 Å². The Bertz CT molecular complexity index is 745. The molecule has 0 saturated heterocycles. The Morgan fingerprint density at radius 3 is 2.33 bits per heavy atom. The van der Waals surface area contributed by atoms with Gasteiger partial charge in [0.25, 0.3) is 5.91 Å². The normalized spacial score (nSPS) is 11.0. The van der Waals surface area contributed by atoms with Crippen molar-refractivity contribution in [3.05, 3.63) is 64.7 Å². The van der Waals surface area contributed by atoms with Crippen LogP contribution in [0.4, 0.5) is 13.2 Å². The van der Waals surface area contributed by atoms with Gasteiger partial charge in [-0.15, -0.1) is 13.2 Å². The number of amides is 1. The number of benzene rings is 2. The molecule has 24 heavy (non-hydrogen) atoms. The van der Waals surface area contributed by atoms with Crippen molar-refractivity contribution >= 4 is 23.3 Å². The third kappa shape index (κ3) is 5.27. The van der Waals surface area contributed by atoms with Crippen LogP contribution in [0.15, 0.2) is 48.5 Å². The molecule has 2 rings (SSSR count). The number of carbonyl (C=O) groups excluding carboxylic acids is 2. The second-order valence-corrected chi connectivity index (χ2v) is 5.12. The first-order valence-electron chi connectivity index (χ1n) is 6.67. The van der Waals surface area contributed by atoms with Crippen molar-refractivity contribution in [1.82, 2.24) is 5.32 Å². The lowest BCUT2D eigenvalue weighted by Gasteiger charge is -2.10. The number of ketones is 1. The third-order valence-electron chi connectivity index (χ3n) is 2.91. The molecule has 0 saturated carbocycles. The minimum Gasteiger partial charge on any atom is -0.406 e. The lowest BCUT2D eigenvalue weighted by Crippen LogP contribution is -2.29. The molecular weight excluding hydrogens is 347 g/mol. The maximum atomic E-state index is 12.2. The van der Waals surface area contributed by atoms with E-state index >= 15 is 0 Å². The molecule has 126 valence electrons. The summed E-state index contributed by atoms with van der Waals surface area (Å²) in [7, 11) is 0. The van der Waals surface area contributed by atoms with Crippen molar-refractivity contribution in [2.75, 3.05) is 6.54 Å². The van der Waals surface area contributed by atoms with E-state index in [1.54, 1.807) is 0 Å². The monoisotopic (exact) mass is 357 g/mol. The highest BCUT2D eigenvalue weighted by Crippen LogP contribution is 2.23. The molecule has 0 radical (unpaired) electrons. The highest BCUT2D eigenvalue weighted by molar-refractivity contribution is 6.30. The molecular formula is C16H11ClF3NO3. The van der Waals surface area contributed by atoms with Crippen LogP contribution in [0.25, 0.3) is 0 Å². The zero-order chi connectivity index (χ0) is 17.7. The smallest absolute Gasteiger partial charge is 0.406 e. The number of ether oxygens (including phenoxy) is 1. The van der Waals surface area contributed by atoms with E-state index < -0.39 is 18.0 Å². The Morgan fingerprint density at radius 1 is 1.04 bits per heavy atom. The van der Waals surface area contributed by atoms with Crippen molar-refractivity contribution < 1.29 is 27.5 Å². The summed E-state index contributed by atoms with van der Waals surface area (Å²) in [4.78, 5) is 23.8. The van der Waals surface area contributed by atoms with Gasteiger partial charge in [-0.1, -0.05) is 17.7 Å². The number of hydrogen-bond acceptors (Lipinski definition) is 3. The van der Waals surface area contributed by atoms with Crippen LogP contribution in [0.2, 0.25) is 5.02 Å². The molecule has 0 aliphatic carbocycles. The van der Waals surface area contributed by atoms with Crippen LogP contribution >= 0.6 is 11.6 Å². The van der Waals surface area contributed by atoms with E-state index in [0.29, 0.717) is 10.6 Å². The van der Waals surface area contributed by atoms with E-state index in [0.717, 1.165) is 12.1 Å². The Balaban J connectivity index is 1.98. The molecule has 0 atom stereocenters. The Labute approximate surface area is 140 Å². The first-order valence-corrected chi connectivity index (χ1v) is 7.05. The summed E-state index contributed by atoms with van der Waals surface area (Å²) in [6.07, 6.45) is -4.85. The van der Waals surface area contributed by atoms with E-state index in [-0.39, 0.29) is 17.9 Å². The first-order chi connectivity index (χ1) is 11.2. The zero-order valence-corrected chi connectivity index (χ0v) is 12.8. The Hall–Kier alpha value is -2.54. The SMILES string of the molecule is O=C(CNC(=O)c1cccc(OC(F)(F)F)c1)c1ccc(Cl)cc1. The first kappa shape index (κ1) is 17.8. The van der Waals surface area contributed by atoms with E-state index in [4.69, 9.17) is 11.6 Å². The molecule has 1 amide bonds. The molecule has 2 aromatic rings. The minimum atomic E-state index is -4.85. The van der Waals surface area contributed by atoms with Crippen LogP contribution < -0.4 is 10.1 Å². The topological polar surface area (TPSA) is 55.4 Å². The summed E-state index contributed by atoms with van der Waals surface area (Å²) in [5.74, 6) is -1.56. The van der Waals surface area contributed by atoms with E-state index in [9.17, 15) is 22.8 Å². The number of carbonyl (C=O) groups is 2. The van der Waals surface area contributed by atoms with Gasteiger partial charge in [0.05, 0.1) is 6.54 Å². The van der Waals surface area contributed by atoms with Crippen LogP contribution in [0.5, 0.6) is 5.75 Å². The van der Waals surface area contributed by atoms with Crippen LogP contribution in [-0.2, 0) is 0 Å². The number of halogens is 4. The second-order valence-electron chi connectivity index (χ2n) is 4.69. The predicted molar refractivity (Wildman–Crippen MR) is 81.2 cm³/mol. The summed E-state index contributed by atoms with van der Waals surface area (Å²) in [6.45, 7) is -0.301. The van der Waals surface area contributed by atoms with Gasteiger partial charge in [-0.25, -0.2) is 0 Å². The molecule has 0 aromatic heterocycles. The Morgan fingerprint density at radius 2 is 1.71 bits per heavy atom. The summed E-state index contributed by atoms with van der Waals surface area (Å²) in [6, 6.07) is 10.7. The van der Waals surface area contributed by atoms with Gasteiger partial charge in [0, 0.05) is 16.1 Å². The van der Waals surface area contributed by atoms with E-state index in [1.165, 1.54) is 36.4 Å². The minimum absolute atomic E-state index is 0.0549. The van der Waals surface area contributed by atoms with Gasteiger partial charge in [0.15, 0.2) is 5.78 Å². The maximum absolute atomic E-state index is 12.2. The van der Waals surface area contributed by atoms with Gasteiger partial charge in [-0.2, -0.15) is 0 Å². The summed E-state index contributed by atoms with van der Waals surface area (Å²) in [5, 5.41) is 2.81. The van der Waals surface area contributed by atoms with Crippen molar-refractivity contribution in [1.29, 1.82) is 0 Å². The fourth-order valence-corrected chi connectivity index (χ4v) is 1.96. The number of hydrogen-bond donors (Lipinski definition) is 1. The van der Waals surface area contributed by atoms with E-state index in [2.05, 4.69) is 10.1 Å². The maximum Gasteiger partial charge on any atom is 0.573 e. The molecule has 0 fully saturated rings. The quantitative estimate of drug-likeness (QED) is 0.827. The molecule has 0 heterocycles. The van der Waals surface area contributed by atoms with Crippen LogP contribution in [0, 0.1) is 0 Å². The molecule has 0 bridgehead atoms. The zero-order valence-electron chi connectivity index (χ0n) is 12.1. The van der Waals surface area contributed by atoms with Crippen molar-refractivity contribution in [2.24, 2.45) is 0 Å². The summed E-state index contributed by atoms with van der Waals surface area (Å²) in [5.41, 5.74) is 0.300. The third-order valence-corrected chi connectivity index (χ3v) is 3.16. The Kier molecular flexibility index (Phi) is 5.46. The van der Waals surface area contributed by atoms with Crippen LogP contribution in [-0.4, -0.2) is 24.6 Å². The molecule has 2 aromatic carbocycles. The molecule has 0 aliphatic heterocycles. The van der Waals surface area contributed by atoms with E-state index in [1.807, 2.05) is 0 Å². The summed E-state index contributed by atoms with van der Waals surface area (Å²) < 4.78 is 40.2. The molecule has 0 spiro atoms. The average molecular weight is 358 g/mol. The van der Waals surface area contributed by atoms with Gasteiger partial charge in [-0.05, 0) is 42.5 Å². The number of Topliss-reactive ketones (excluding diaryl/α,β-unsaturated/α-hetero) is 1.